The molecule has 2 unspecified atom stereocenters. The van der Waals surface area contributed by atoms with Gasteiger partial charge in [0.2, 0.25) is 0 Å². The van der Waals surface area contributed by atoms with E-state index < -0.39 is 11.7 Å². The Hall–Kier alpha value is -4.50. The summed E-state index contributed by atoms with van der Waals surface area (Å²) in [5, 5.41) is 19.5. The minimum Gasteiger partial charge on any atom is -0.478 e. The molecule has 0 spiro atoms. The molecule has 3 heterocycles. The first-order chi connectivity index (χ1) is 20.3. The Morgan fingerprint density at radius 1 is 1.21 bits per heavy atom. The molecular weight excluding hydrogens is 574 g/mol. The van der Waals surface area contributed by atoms with E-state index in [1.165, 1.54) is 11.6 Å². The molecule has 0 bridgehead atoms. The SMILES string of the molecule is CNC(=O)COc1cc2cc(Nc3nc(N4CC(C)CC(NC(=O)OC(C)(C)C)C4)c(C#N)cc3Cl)ccc2n(C)c1=O. The van der Waals surface area contributed by atoms with Gasteiger partial charge in [0.1, 0.15) is 17.5 Å². The number of ether oxygens (including phenoxy) is 2. The highest BCUT2D eigenvalue weighted by Crippen LogP contribution is 2.33. The molecule has 12 nitrogen and oxygen atoms in total. The molecule has 1 aromatic carbocycles. The number of nitrogens with one attached hydrogen (secondary N) is 3. The Morgan fingerprint density at radius 3 is 2.63 bits per heavy atom. The van der Waals surface area contributed by atoms with Crippen molar-refractivity contribution < 1.29 is 19.1 Å². The summed E-state index contributed by atoms with van der Waals surface area (Å²) in [6, 6.07) is 10.5. The van der Waals surface area contributed by atoms with Crippen molar-refractivity contribution in [2.75, 3.05) is 37.0 Å². The highest BCUT2D eigenvalue weighted by molar-refractivity contribution is 6.33. The molecule has 1 aliphatic heterocycles. The van der Waals surface area contributed by atoms with Crippen LogP contribution >= 0.6 is 11.6 Å². The third kappa shape index (κ3) is 7.67. The Balaban J connectivity index is 1.62. The van der Waals surface area contributed by atoms with E-state index in [2.05, 4.69) is 28.9 Å². The first kappa shape index (κ1) is 31.4. The van der Waals surface area contributed by atoms with Crippen LogP contribution in [0.3, 0.4) is 0 Å². The third-order valence-corrected chi connectivity index (χ3v) is 7.14. The number of hydrogen-bond donors (Lipinski definition) is 3. The second kappa shape index (κ2) is 12.8. The van der Waals surface area contributed by atoms with E-state index in [-0.39, 0.29) is 40.8 Å². The highest BCUT2D eigenvalue weighted by atomic mass is 35.5. The number of pyridine rings is 2. The molecule has 1 fully saturated rings. The van der Waals surface area contributed by atoms with Crippen LogP contribution < -0.4 is 31.1 Å². The molecular formula is C30H36ClN7O5. The Labute approximate surface area is 254 Å². The number of halogens is 1. The van der Waals surface area contributed by atoms with Crippen LogP contribution in [0.4, 0.5) is 22.1 Å². The number of nitrogens with zero attached hydrogens (tertiary/aromatic N) is 4. The zero-order valence-electron chi connectivity index (χ0n) is 25.1. The van der Waals surface area contributed by atoms with E-state index in [1.54, 1.807) is 37.4 Å². The van der Waals surface area contributed by atoms with Gasteiger partial charge in [-0.3, -0.25) is 9.59 Å². The van der Waals surface area contributed by atoms with Crippen LogP contribution in [0.1, 0.15) is 39.7 Å². The van der Waals surface area contributed by atoms with Gasteiger partial charge < -0.3 is 34.9 Å². The molecule has 2 atom stereocenters. The molecule has 0 aliphatic carbocycles. The standard InChI is InChI=1S/C30H36ClN7O5/c1-17-9-21(35-29(41)43-30(2,3)4)15-38(14-17)27-19(13-32)11-22(31)26(36-27)34-20-7-8-23-18(10-20)12-24(28(40)37(23)6)42-16-25(39)33-5/h7-8,10-12,17,21H,9,14-16H2,1-6H3,(H,33,39)(H,34,36)(H,35,41). The largest absolute Gasteiger partial charge is 0.478 e. The fraction of sp³-hybridized carbons (Fsp3) is 0.433. The van der Waals surface area contributed by atoms with Crippen molar-refractivity contribution >= 4 is 51.8 Å². The van der Waals surface area contributed by atoms with E-state index in [0.29, 0.717) is 46.9 Å². The van der Waals surface area contributed by atoms with E-state index in [4.69, 9.17) is 26.1 Å². The summed E-state index contributed by atoms with van der Waals surface area (Å²) >= 11 is 6.56. The molecule has 0 radical (unpaired) electrons. The maximum absolute atomic E-state index is 12.7. The number of aryl methyl sites for hydroxylation is 1. The van der Waals surface area contributed by atoms with Crippen LogP contribution in [0.5, 0.6) is 5.75 Å². The van der Waals surface area contributed by atoms with Gasteiger partial charge in [-0.05, 0) is 63.4 Å². The summed E-state index contributed by atoms with van der Waals surface area (Å²) in [4.78, 5) is 43.5. The van der Waals surface area contributed by atoms with Gasteiger partial charge in [-0.25, -0.2) is 9.78 Å². The van der Waals surface area contributed by atoms with Crippen LogP contribution in [0.15, 0.2) is 35.1 Å². The molecule has 3 aromatic rings. The number of amides is 2. The summed E-state index contributed by atoms with van der Waals surface area (Å²) in [5.74, 6) is 0.683. The van der Waals surface area contributed by atoms with Crippen LogP contribution in [0.25, 0.3) is 10.9 Å². The lowest BCUT2D eigenvalue weighted by Crippen LogP contribution is -2.51. The van der Waals surface area contributed by atoms with Crippen molar-refractivity contribution in [3.05, 3.63) is 51.3 Å². The monoisotopic (exact) mass is 609 g/mol. The molecule has 228 valence electrons. The number of aromatic nitrogens is 2. The number of hydrogen-bond acceptors (Lipinski definition) is 9. The predicted molar refractivity (Wildman–Crippen MR) is 165 cm³/mol. The van der Waals surface area contributed by atoms with Crippen molar-refractivity contribution in [2.45, 2.75) is 45.8 Å². The van der Waals surface area contributed by atoms with E-state index >= 15 is 0 Å². The molecule has 1 aliphatic rings. The van der Waals surface area contributed by atoms with Gasteiger partial charge in [0.05, 0.1) is 22.1 Å². The molecule has 13 heteroatoms. The number of carbonyl (C=O) groups is 2. The predicted octanol–water partition coefficient (Wildman–Crippen LogP) is 4.07. The topological polar surface area (TPSA) is 151 Å². The zero-order valence-corrected chi connectivity index (χ0v) is 25.8. The van der Waals surface area contributed by atoms with Crippen LogP contribution in [-0.4, -0.2) is 59.9 Å². The Kier molecular flexibility index (Phi) is 9.35. The smallest absolute Gasteiger partial charge is 0.407 e. The highest BCUT2D eigenvalue weighted by Gasteiger charge is 2.30. The van der Waals surface area contributed by atoms with Gasteiger partial charge in [0.15, 0.2) is 18.2 Å². The second-order valence-electron chi connectivity index (χ2n) is 11.6. The average molecular weight is 610 g/mol. The van der Waals surface area contributed by atoms with Gasteiger partial charge in [-0.15, -0.1) is 0 Å². The van der Waals surface area contributed by atoms with Crippen LogP contribution in [0.2, 0.25) is 5.02 Å². The number of carbonyl (C=O) groups excluding carboxylic acids is 2. The maximum Gasteiger partial charge on any atom is 0.407 e. The number of piperidine rings is 1. The molecule has 3 N–H and O–H groups in total. The molecule has 1 saturated heterocycles. The first-order valence-electron chi connectivity index (χ1n) is 13.9. The fourth-order valence-electron chi connectivity index (χ4n) is 4.98. The van der Waals surface area contributed by atoms with Crippen LogP contribution in [0, 0.1) is 17.2 Å². The minimum atomic E-state index is -0.617. The Bertz CT molecular complexity index is 1640. The number of rotatable bonds is 7. The second-order valence-corrected chi connectivity index (χ2v) is 12.0. The van der Waals surface area contributed by atoms with Gasteiger partial charge in [-0.2, -0.15) is 5.26 Å². The van der Waals surface area contributed by atoms with Gasteiger partial charge in [-0.1, -0.05) is 18.5 Å². The summed E-state index contributed by atoms with van der Waals surface area (Å²) in [7, 11) is 3.11. The number of nitriles is 1. The summed E-state index contributed by atoms with van der Waals surface area (Å²) in [5.41, 5.74) is 0.618. The fourth-order valence-corrected chi connectivity index (χ4v) is 5.18. The van der Waals surface area contributed by atoms with Crippen molar-refractivity contribution in [3.8, 4) is 11.8 Å². The lowest BCUT2D eigenvalue weighted by Gasteiger charge is -2.38. The number of alkyl carbamates (subject to hydrolysis) is 1. The summed E-state index contributed by atoms with van der Waals surface area (Å²) < 4.78 is 12.3. The lowest BCUT2D eigenvalue weighted by molar-refractivity contribution is -0.122. The quantitative estimate of drug-likeness (QED) is 0.360. The maximum atomic E-state index is 12.7. The van der Waals surface area contributed by atoms with Gasteiger partial charge in [0.25, 0.3) is 11.5 Å². The molecule has 2 amide bonds. The van der Waals surface area contributed by atoms with Gasteiger partial charge >= 0.3 is 6.09 Å². The zero-order chi connectivity index (χ0) is 31.5. The van der Waals surface area contributed by atoms with Crippen molar-refractivity contribution in [1.82, 2.24) is 20.2 Å². The number of benzene rings is 1. The number of fused-ring (bicyclic) bond motifs is 1. The number of likely N-dealkylation sites (N-methyl/N-ethyl adjacent to an activating group) is 1. The van der Waals surface area contributed by atoms with E-state index in [1.807, 2.05) is 25.7 Å². The molecule has 4 rings (SSSR count). The van der Waals surface area contributed by atoms with Crippen molar-refractivity contribution in [3.63, 3.8) is 0 Å². The first-order valence-corrected chi connectivity index (χ1v) is 14.2. The van der Waals surface area contributed by atoms with E-state index in [9.17, 15) is 19.6 Å². The summed E-state index contributed by atoms with van der Waals surface area (Å²) in [6.45, 7) is 8.30. The minimum absolute atomic E-state index is 0.0429. The normalized spacial score (nSPS) is 16.7. The average Bonchev–Trinajstić information content (AvgIpc) is 2.93. The third-order valence-electron chi connectivity index (χ3n) is 6.85. The van der Waals surface area contributed by atoms with E-state index in [0.717, 1.165) is 6.42 Å². The number of anilines is 3. The van der Waals surface area contributed by atoms with Crippen molar-refractivity contribution in [2.24, 2.45) is 13.0 Å². The summed E-state index contributed by atoms with van der Waals surface area (Å²) in [6.07, 6.45) is 0.263. The van der Waals surface area contributed by atoms with Crippen LogP contribution in [-0.2, 0) is 16.6 Å². The van der Waals surface area contributed by atoms with Gasteiger partial charge in [0, 0.05) is 38.3 Å². The molecule has 2 aromatic heterocycles. The lowest BCUT2D eigenvalue weighted by atomic mass is 9.95. The Morgan fingerprint density at radius 2 is 1.95 bits per heavy atom. The van der Waals surface area contributed by atoms with Crippen molar-refractivity contribution in [1.29, 1.82) is 5.26 Å². The molecule has 0 saturated carbocycles. The molecule has 43 heavy (non-hydrogen) atoms.